The number of ether oxygens (including phenoxy) is 1. The summed E-state index contributed by atoms with van der Waals surface area (Å²) in [6, 6.07) is 15.4. The summed E-state index contributed by atoms with van der Waals surface area (Å²) in [5, 5.41) is 5.07. The van der Waals surface area contributed by atoms with Gasteiger partial charge in [-0.3, -0.25) is 14.3 Å². The monoisotopic (exact) mass is 457 g/mol. The van der Waals surface area contributed by atoms with Gasteiger partial charge in [0.1, 0.15) is 11.6 Å². The molecule has 0 fully saturated rings. The molecule has 0 atom stereocenters. The molecule has 0 spiro atoms. The molecule has 3 rings (SSSR count). The minimum atomic E-state index is -4.02. The maximum Gasteiger partial charge on any atom is 0.261 e. The van der Waals surface area contributed by atoms with E-state index in [1.807, 2.05) is 0 Å². The Balaban J connectivity index is 1.85. The van der Waals surface area contributed by atoms with Crippen LogP contribution < -0.4 is 20.1 Å². The molecule has 0 saturated carbocycles. The molecule has 0 unspecified atom stereocenters. The van der Waals surface area contributed by atoms with Gasteiger partial charge in [-0.05, 0) is 54.6 Å². The minimum Gasteiger partial charge on any atom is -0.495 e. The third-order valence-electron chi connectivity index (χ3n) is 4.31. The fourth-order valence-electron chi connectivity index (χ4n) is 2.83. The van der Waals surface area contributed by atoms with Gasteiger partial charge in [0.05, 0.1) is 23.3 Å². The van der Waals surface area contributed by atoms with E-state index < -0.39 is 21.7 Å². The van der Waals surface area contributed by atoms with E-state index in [4.69, 9.17) is 4.74 Å². The smallest absolute Gasteiger partial charge is 0.261 e. The Bertz CT molecular complexity index is 1260. The molecule has 10 heteroatoms. The summed E-state index contributed by atoms with van der Waals surface area (Å²) >= 11 is 0. The maximum absolute atomic E-state index is 13.9. The van der Waals surface area contributed by atoms with Crippen molar-refractivity contribution in [3.05, 3.63) is 78.1 Å². The van der Waals surface area contributed by atoms with Crippen molar-refractivity contribution >= 4 is 38.9 Å². The van der Waals surface area contributed by atoms with Gasteiger partial charge in [0.25, 0.3) is 15.9 Å². The van der Waals surface area contributed by atoms with Crippen molar-refractivity contribution < 1.29 is 27.1 Å². The van der Waals surface area contributed by atoms with Crippen LogP contribution >= 0.6 is 0 Å². The molecule has 0 bridgehead atoms. The van der Waals surface area contributed by atoms with Crippen LogP contribution in [0.5, 0.6) is 5.75 Å². The molecular weight excluding hydrogens is 437 g/mol. The number of methoxy groups -OCH3 is 1. The lowest BCUT2D eigenvalue weighted by molar-refractivity contribution is -0.114. The molecule has 0 aromatic heterocycles. The highest BCUT2D eigenvalue weighted by atomic mass is 32.2. The number of hydrogen-bond donors (Lipinski definition) is 3. The first kappa shape index (κ1) is 22.8. The molecule has 0 heterocycles. The summed E-state index contributed by atoms with van der Waals surface area (Å²) in [6.45, 7) is 1.36. The molecule has 0 radical (unpaired) electrons. The summed E-state index contributed by atoms with van der Waals surface area (Å²) in [5.41, 5.74) is 0.653. The number of hydrogen-bond acceptors (Lipinski definition) is 5. The van der Waals surface area contributed by atoms with Crippen molar-refractivity contribution in [1.29, 1.82) is 0 Å². The highest BCUT2D eigenvalue weighted by Gasteiger charge is 2.19. The Labute approximate surface area is 184 Å². The van der Waals surface area contributed by atoms with Crippen LogP contribution in [-0.4, -0.2) is 27.3 Å². The van der Waals surface area contributed by atoms with E-state index in [9.17, 15) is 22.4 Å². The second-order valence-corrected chi connectivity index (χ2v) is 8.34. The Kier molecular flexibility index (Phi) is 6.74. The molecular formula is C22H20FN3O5S. The number of carbonyl (C=O) groups is 2. The number of sulfonamides is 1. The maximum atomic E-state index is 13.9. The Morgan fingerprint density at radius 1 is 0.906 bits per heavy atom. The zero-order chi connectivity index (χ0) is 23.3. The number of benzene rings is 3. The summed E-state index contributed by atoms with van der Waals surface area (Å²) in [4.78, 5) is 23.4. The summed E-state index contributed by atoms with van der Waals surface area (Å²) in [6.07, 6.45) is 0. The zero-order valence-electron chi connectivity index (χ0n) is 17.2. The predicted octanol–water partition coefficient (Wildman–Crippen LogP) is 3.85. The van der Waals surface area contributed by atoms with Gasteiger partial charge in [-0.2, -0.15) is 0 Å². The molecule has 3 N–H and O–H groups in total. The van der Waals surface area contributed by atoms with Crippen molar-refractivity contribution in [2.45, 2.75) is 11.8 Å². The van der Waals surface area contributed by atoms with Gasteiger partial charge in [0.2, 0.25) is 5.91 Å². The number of halogens is 1. The fraction of sp³-hybridized carbons (Fsp3) is 0.0909. The van der Waals surface area contributed by atoms with E-state index in [2.05, 4.69) is 15.4 Å². The van der Waals surface area contributed by atoms with E-state index >= 15 is 0 Å². The van der Waals surface area contributed by atoms with Crippen LogP contribution in [0.1, 0.15) is 17.3 Å². The van der Waals surface area contributed by atoms with Crippen molar-refractivity contribution in [1.82, 2.24) is 0 Å². The van der Waals surface area contributed by atoms with Gasteiger partial charge >= 0.3 is 0 Å². The lowest BCUT2D eigenvalue weighted by Gasteiger charge is -2.14. The number of nitrogens with one attached hydrogen (secondary N) is 3. The fourth-order valence-corrected chi connectivity index (χ4v) is 3.91. The average molecular weight is 457 g/mol. The number of carbonyl (C=O) groups excluding carboxylic acids is 2. The zero-order valence-corrected chi connectivity index (χ0v) is 18.0. The minimum absolute atomic E-state index is 0.0598. The van der Waals surface area contributed by atoms with E-state index in [-0.39, 0.29) is 33.5 Å². The van der Waals surface area contributed by atoms with Crippen LogP contribution in [0.15, 0.2) is 71.6 Å². The molecule has 8 nitrogen and oxygen atoms in total. The lowest BCUT2D eigenvalue weighted by Crippen LogP contribution is -2.16. The Morgan fingerprint density at radius 2 is 1.56 bits per heavy atom. The first-order chi connectivity index (χ1) is 15.2. The first-order valence-electron chi connectivity index (χ1n) is 9.34. The van der Waals surface area contributed by atoms with E-state index in [1.54, 1.807) is 12.1 Å². The highest BCUT2D eigenvalue weighted by Crippen LogP contribution is 2.29. The van der Waals surface area contributed by atoms with Gasteiger partial charge in [-0.1, -0.05) is 12.1 Å². The molecule has 3 aromatic carbocycles. The molecule has 0 aliphatic heterocycles. The van der Waals surface area contributed by atoms with Gasteiger partial charge in [-0.25, -0.2) is 12.8 Å². The molecule has 0 saturated heterocycles. The Hall–Kier alpha value is -3.92. The SMILES string of the molecule is COc1ccc(S(=O)(=O)Nc2ccc(NC(C)=O)cc2)cc1NC(=O)c1ccccc1F. The third-order valence-corrected chi connectivity index (χ3v) is 5.68. The summed E-state index contributed by atoms with van der Waals surface area (Å²) in [7, 11) is -2.67. The average Bonchev–Trinajstić information content (AvgIpc) is 2.75. The standard InChI is InChI=1S/C22H20FN3O5S/c1-14(27)24-15-7-9-16(10-8-15)26-32(29,30)17-11-12-21(31-2)20(13-17)25-22(28)18-5-3-4-6-19(18)23/h3-13,26H,1-2H3,(H,24,27)(H,25,28). The highest BCUT2D eigenvalue weighted by molar-refractivity contribution is 7.92. The lowest BCUT2D eigenvalue weighted by atomic mass is 10.2. The molecule has 0 aliphatic rings. The number of anilines is 3. The topological polar surface area (TPSA) is 114 Å². The number of rotatable bonds is 7. The second kappa shape index (κ2) is 9.48. The van der Waals surface area contributed by atoms with Crippen molar-refractivity contribution in [3.63, 3.8) is 0 Å². The number of amides is 2. The molecule has 166 valence electrons. The summed E-state index contributed by atoms with van der Waals surface area (Å²) in [5.74, 6) is -1.51. The van der Waals surface area contributed by atoms with Crippen molar-refractivity contribution in [2.24, 2.45) is 0 Å². The molecule has 3 aromatic rings. The van der Waals surface area contributed by atoms with E-state index in [0.29, 0.717) is 5.69 Å². The van der Waals surface area contributed by atoms with Crippen LogP contribution in [0.25, 0.3) is 0 Å². The third kappa shape index (κ3) is 5.41. The van der Waals surface area contributed by atoms with Gasteiger partial charge in [0.15, 0.2) is 0 Å². The van der Waals surface area contributed by atoms with E-state index in [0.717, 1.165) is 6.07 Å². The predicted molar refractivity (Wildman–Crippen MR) is 119 cm³/mol. The molecule has 32 heavy (non-hydrogen) atoms. The van der Waals surface area contributed by atoms with Crippen LogP contribution in [0.4, 0.5) is 21.5 Å². The van der Waals surface area contributed by atoms with Crippen molar-refractivity contribution in [2.75, 3.05) is 22.5 Å². The van der Waals surface area contributed by atoms with Crippen molar-refractivity contribution in [3.8, 4) is 5.75 Å². The summed E-state index contributed by atoms with van der Waals surface area (Å²) < 4.78 is 47.2. The van der Waals surface area contributed by atoms with Gasteiger partial charge in [0, 0.05) is 18.3 Å². The van der Waals surface area contributed by atoms with Gasteiger partial charge < -0.3 is 15.4 Å². The Morgan fingerprint density at radius 3 is 2.19 bits per heavy atom. The molecule has 2 amide bonds. The van der Waals surface area contributed by atoms with Crippen LogP contribution in [0, 0.1) is 5.82 Å². The van der Waals surface area contributed by atoms with Gasteiger partial charge in [-0.15, -0.1) is 0 Å². The normalized spacial score (nSPS) is 10.8. The quantitative estimate of drug-likeness (QED) is 0.499. The van der Waals surface area contributed by atoms with E-state index in [1.165, 1.54) is 62.6 Å². The first-order valence-corrected chi connectivity index (χ1v) is 10.8. The van der Waals surface area contributed by atoms with Crippen LogP contribution in [0.3, 0.4) is 0 Å². The van der Waals surface area contributed by atoms with Crippen LogP contribution in [-0.2, 0) is 14.8 Å². The second-order valence-electron chi connectivity index (χ2n) is 6.66. The van der Waals surface area contributed by atoms with Crippen LogP contribution in [0.2, 0.25) is 0 Å². The largest absolute Gasteiger partial charge is 0.495 e. The molecule has 0 aliphatic carbocycles.